The zero-order chi connectivity index (χ0) is 10.8. The largest absolute Gasteiger partial charge is 0.378 e. The minimum atomic E-state index is 0.854. The zero-order valence-corrected chi connectivity index (χ0v) is 9.84. The normalized spacial score (nSPS) is 16.9. The molecule has 1 aliphatic heterocycles. The molecule has 2 nitrogen and oxygen atoms in total. The third-order valence-corrected chi connectivity index (χ3v) is 2.96. The van der Waals surface area contributed by atoms with Gasteiger partial charge in [0, 0.05) is 18.8 Å². The van der Waals surface area contributed by atoms with Gasteiger partial charge in [-0.3, -0.25) is 0 Å². The molecule has 0 aromatic heterocycles. The van der Waals surface area contributed by atoms with Crippen LogP contribution in [0.25, 0.3) is 0 Å². The molecule has 0 unspecified atom stereocenters. The van der Waals surface area contributed by atoms with Crippen molar-refractivity contribution in [3.05, 3.63) is 28.8 Å². The van der Waals surface area contributed by atoms with E-state index in [1.54, 1.807) is 0 Å². The van der Waals surface area contributed by atoms with Crippen molar-refractivity contribution in [1.82, 2.24) is 0 Å². The first-order valence-electron chi connectivity index (χ1n) is 5.59. The molecular weight excluding hydrogens is 186 g/mol. The fraction of sp³-hybridized carbons (Fsp3) is 0.538. The molecule has 82 valence electrons. The van der Waals surface area contributed by atoms with Gasteiger partial charge < -0.3 is 9.64 Å². The second kappa shape index (κ2) is 4.23. The van der Waals surface area contributed by atoms with Crippen LogP contribution in [0.1, 0.15) is 16.7 Å². The third kappa shape index (κ3) is 2.15. The van der Waals surface area contributed by atoms with E-state index in [2.05, 4.69) is 37.8 Å². The summed E-state index contributed by atoms with van der Waals surface area (Å²) in [6.45, 7) is 10.3. The van der Waals surface area contributed by atoms with Crippen molar-refractivity contribution in [2.45, 2.75) is 20.8 Å². The van der Waals surface area contributed by atoms with Crippen molar-refractivity contribution < 1.29 is 4.74 Å². The molecule has 2 rings (SSSR count). The van der Waals surface area contributed by atoms with Crippen molar-refractivity contribution >= 4 is 5.69 Å². The van der Waals surface area contributed by atoms with E-state index in [0.717, 1.165) is 26.3 Å². The van der Waals surface area contributed by atoms with Crippen LogP contribution in [0.4, 0.5) is 5.69 Å². The Kier molecular flexibility index (Phi) is 2.96. The summed E-state index contributed by atoms with van der Waals surface area (Å²) >= 11 is 0. The van der Waals surface area contributed by atoms with Crippen molar-refractivity contribution in [2.75, 3.05) is 31.2 Å². The molecule has 0 bridgehead atoms. The van der Waals surface area contributed by atoms with Gasteiger partial charge in [0.25, 0.3) is 0 Å². The van der Waals surface area contributed by atoms with Gasteiger partial charge in [0.1, 0.15) is 0 Å². The van der Waals surface area contributed by atoms with Crippen LogP contribution in [0.15, 0.2) is 12.1 Å². The van der Waals surface area contributed by atoms with Crippen LogP contribution in [0.5, 0.6) is 0 Å². The lowest BCUT2D eigenvalue weighted by Gasteiger charge is -2.31. The van der Waals surface area contributed by atoms with Gasteiger partial charge in [-0.05, 0) is 31.9 Å². The van der Waals surface area contributed by atoms with Crippen LogP contribution in [-0.4, -0.2) is 26.3 Å². The highest BCUT2D eigenvalue weighted by Gasteiger charge is 2.15. The Labute approximate surface area is 91.9 Å². The Bertz CT molecular complexity index is 331. The van der Waals surface area contributed by atoms with Crippen molar-refractivity contribution in [1.29, 1.82) is 0 Å². The summed E-state index contributed by atoms with van der Waals surface area (Å²) in [7, 11) is 0. The quantitative estimate of drug-likeness (QED) is 0.698. The van der Waals surface area contributed by atoms with Gasteiger partial charge in [-0.25, -0.2) is 0 Å². The molecule has 1 aliphatic rings. The first-order valence-corrected chi connectivity index (χ1v) is 5.59. The first-order chi connectivity index (χ1) is 7.18. The van der Waals surface area contributed by atoms with Crippen LogP contribution in [0.2, 0.25) is 0 Å². The fourth-order valence-corrected chi connectivity index (χ4v) is 2.46. The zero-order valence-electron chi connectivity index (χ0n) is 9.84. The molecule has 0 aliphatic carbocycles. The van der Waals surface area contributed by atoms with Gasteiger partial charge in [0.2, 0.25) is 0 Å². The van der Waals surface area contributed by atoms with Gasteiger partial charge in [-0.2, -0.15) is 0 Å². The van der Waals surface area contributed by atoms with Crippen molar-refractivity contribution in [3.8, 4) is 0 Å². The molecule has 0 saturated carbocycles. The highest BCUT2D eigenvalue weighted by Crippen LogP contribution is 2.26. The Balaban J connectivity index is 2.33. The fourth-order valence-electron chi connectivity index (χ4n) is 2.46. The van der Waals surface area contributed by atoms with E-state index in [4.69, 9.17) is 4.74 Å². The molecule has 0 N–H and O–H groups in total. The smallest absolute Gasteiger partial charge is 0.0642 e. The van der Waals surface area contributed by atoms with Gasteiger partial charge >= 0.3 is 0 Å². The number of hydrogen-bond acceptors (Lipinski definition) is 2. The van der Waals surface area contributed by atoms with Crippen molar-refractivity contribution in [3.63, 3.8) is 0 Å². The number of hydrogen-bond donors (Lipinski definition) is 0. The standard InChI is InChI=1S/C13H19NO/c1-10-8-11(2)13(12(3)9-10)14-4-6-15-7-5-14/h8-9H,4-7H2,1-3H3. The Hall–Kier alpha value is -1.02. The highest BCUT2D eigenvalue weighted by atomic mass is 16.5. The summed E-state index contributed by atoms with van der Waals surface area (Å²) in [5.41, 5.74) is 5.52. The van der Waals surface area contributed by atoms with E-state index in [1.807, 2.05) is 0 Å². The van der Waals surface area contributed by atoms with Crippen LogP contribution in [0, 0.1) is 20.8 Å². The number of anilines is 1. The average Bonchev–Trinajstić information content (AvgIpc) is 2.17. The van der Waals surface area contributed by atoms with E-state index >= 15 is 0 Å². The van der Waals surface area contributed by atoms with Gasteiger partial charge in [0.05, 0.1) is 13.2 Å². The van der Waals surface area contributed by atoms with Crippen LogP contribution >= 0.6 is 0 Å². The lowest BCUT2D eigenvalue weighted by Crippen LogP contribution is -2.37. The van der Waals surface area contributed by atoms with E-state index in [-0.39, 0.29) is 0 Å². The second-order valence-corrected chi connectivity index (χ2v) is 4.35. The second-order valence-electron chi connectivity index (χ2n) is 4.35. The van der Waals surface area contributed by atoms with E-state index in [9.17, 15) is 0 Å². The highest BCUT2D eigenvalue weighted by molar-refractivity contribution is 5.60. The summed E-state index contributed by atoms with van der Waals surface area (Å²) < 4.78 is 5.38. The third-order valence-electron chi connectivity index (χ3n) is 2.96. The Morgan fingerprint density at radius 1 is 1.00 bits per heavy atom. The lowest BCUT2D eigenvalue weighted by atomic mass is 10.0. The number of aryl methyl sites for hydroxylation is 3. The summed E-state index contributed by atoms with van der Waals surface area (Å²) in [6, 6.07) is 4.52. The minimum absolute atomic E-state index is 0.854. The number of benzene rings is 1. The maximum Gasteiger partial charge on any atom is 0.0642 e. The monoisotopic (exact) mass is 205 g/mol. The number of ether oxygens (including phenoxy) is 1. The topological polar surface area (TPSA) is 12.5 Å². The van der Waals surface area contributed by atoms with E-state index < -0.39 is 0 Å². The molecule has 1 saturated heterocycles. The molecule has 0 radical (unpaired) electrons. The first kappa shape index (κ1) is 10.5. The molecule has 1 aromatic carbocycles. The van der Waals surface area contributed by atoms with Gasteiger partial charge in [-0.15, -0.1) is 0 Å². The van der Waals surface area contributed by atoms with Crippen LogP contribution < -0.4 is 4.90 Å². The molecular formula is C13H19NO. The SMILES string of the molecule is Cc1cc(C)c(N2CCOCC2)c(C)c1. The minimum Gasteiger partial charge on any atom is -0.378 e. The maximum atomic E-state index is 5.38. The Morgan fingerprint density at radius 3 is 2.07 bits per heavy atom. The van der Waals surface area contributed by atoms with E-state index in [0.29, 0.717) is 0 Å². The molecule has 0 spiro atoms. The van der Waals surface area contributed by atoms with Crippen LogP contribution in [0.3, 0.4) is 0 Å². The molecule has 15 heavy (non-hydrogen) atoms. The average molecular weight is 205 g/mol. The predicted octanol–water partition coefficient (Wildman–Crippen LogP) is 2.45. The summed E-state index contributed by atoms with van der Waals surface area (Å²) in [4.78, 5) is 2.44. The van der Waals surface area contributed by atoms with Crippen molar-refractivity contribution in [2.24, 2.45) is 0 Å². The molecule has 1 fully saturated rings. The predicted molar refractivity (Wildman–Crippen MR) is 63.7 cm³/mol. The summed E-state index contributed by atoms with van der Waals surface area (Å²) in [6.07, 6.45) is 0. The summed E-state index contributed by atoms with van der Waals surface area (Å²) in [5.74, 6) is 0. The van der Waals surface area contributed by atoms with E-state index in [1.165, 1.54) is 22.4 Å². The van der Waals surface area contributed by atoms with Gasteiger partial charge in [-0.1, -0.05) is 17.7 Å². The lowest BCUT2D eigenvalue weighted by molar-refractivity contribution is 0.122. The molecule has 0 amide bonds. The molecule has 0 atom stereocenters. The summed E-state index contributed by atoms with van der Waals surface area (Å²) in [5, 5.41) is 0. The number of morpholine rings is 1. The molecule has 2 heteroatoms. The Morgan fingerprint density at radius 2 is 1.53 bits per heavy atom. The number of rotatable bonds is 1. The molecule has 1 aromatic rings. The number of nitrogens with zero attached hydrogens (tertiary/aromatic N) is 1. The maximum absolute atomic E-state index is 5.38. The molecule has 1 heterocycles. The van der Waals surface area contributed by atoms with Gasteiger partial charge in [0.15, 0.2) is 0 Å². The van der Waals surface area contributed by atoms with Crippen LogP contribution in [-0.2, 0) is 4.74 Å².